The summed E-state index contributed by atoms with van der Waals surface area (Å²) >= 11 is 6.15. The van der Waals surface area contributed by atoms with E-state index >= 15 is 0 Å². The molecule has 2 aromatic rings. The number of aromatic nitrogens is 1. The van der Waals surface area contributed by atoms with Gasteiger partial charge in [-0.25, -0.2) is 0 Å². The Morgan fingerprint density at radius 2 is 2.04 bits per heavy atom. The first kappa shape index (κ1) is 17.0. The van der Waals surface area contributed by atoms with Crippen LogP contribution >= 0.6 is 11.6 Å². The Morgan fingerprint density at radius 3 is 2.74 bits per heavy atom. The number of nitrogens with one attached hydrogen (secondary N) is 1. The maximum Gasteiger partial charge on any atom is 0.303 e. The highest BCUT2D eigenvalue weighted by atomic mass is 35.5. The molecule has 1 aromatic carbocycles. The molecule has 0 spiro atoms. The van der Waals surface area contributed by atoms with E-state index in [2.05, 4.69) is 10.5 Å². The highest BCUT2D eigenvalue weighted by molar-refractivity contribution is 6.33. The topological polar surface area (TPSA) is 92.4 Å². The summed E-state index contributed by atoms with van der Waals surface area (Å²) in [5, 5.41) is 15.8. The Bertz CT molecular complexity index is 712. The molecule has 1 amide bonds. The van der Waals surface area contributed by atoms with Gasteiger partial charge < -0.3 is 14.9 Å². The fourth-order valence-corrected chi connectivity index (χ4v) is 2.39. The van der Waals surface area contributed by atoms with Crippen LogP contribution in [0.3, 0.4) is 0 Å². The van der Waals surface area contributed by atoms with Gasteiger partial charge in [0.05, 0.1) is 5.02 Å². The van der Waals surface area contributed by atoms with E-state index in [4.69, 9.17) is 21.2 Å². The first-order valence-electron chi connectivity index (χ1n) is 7.22. The van der Waals surface area contributed by atoms with Crippen molar-refractivity contribution in [3.05, 3.63) is 40.6 Å². The lowest BCUT2D eigenvalue weighted by atomic mass is 10.1. The Hall–Kier alpha value is -2.34. The van der Waals surface area contributed by atoms with E-state index in [1.807, 2.05) is 0 Å². The van der Waals surface area contributed by atoms with Crippen LogP contribution in [0.1, 0.15) is 35.4 Å². The normalized spacial score (nSPS) is 10.5. The minimum Gasteiger partial charge on any atom is -0.481 e. The first-order valence-corrected chi connectivity index (χ1v) is 7.59. The molecule has 0 aliphatic rings. The molecule has 0 unspecified atom stereocenters. The molecule has 0 radical (unpaired) electrons. The van der Waals surface area contributed by atoms with Gasteiger partial charge in [-0.15, -0.1) is 0 Å². The molecule has 0 bridgehead atoms. The maximum atomic E-state index is 12.4. The lowest BCUT2D eigenvalue weighted by Crippen LogP contribution is -2.25. The predicted octanol–water partition coefficient (Wildman–Crippen LogP) is 3.29. The predicted molar refractivity (Wildman–Crippen MR) is 85.5 cm³/mol. The van der Waals surface area contributed by atoms with Gasteiger partial charge in [-0.1, -0.05) is 35.0 Å². The molecule has 0 aliphatic heterocycles. The maximum absolute atomic E-state index is 12.4. The molecule has 1 heterocycles. The number of aryl methyl sites for hydroxylation is 1. The highest BCUT2D eigenvalue weighted by Gasteiger charge is 2.22. The van der Waals surface area contributed by atoms with Crippen molar-refractivity contribution in [1.82, 2.24) is 10.5 Å². The van der Waals surface area contributed by atoms with Crippen molar-refractivity contribution in [1.29, 1.82) is 0 Å². The number of carbonyl (C=O) groups excluding carboxylic acids is 1. The number of unbranched alkanes of at least 4 members (excludes halogenated alkanes) is 1. The van der Waals surface area contributed by atoms with Gasteiger partial charge in [0.1, 0.15) is 17.0 Å². The summed E-state index contributed by atoms with van der Waals surface area (Å²) in [6.45, 7) is 2.05. The van der Waals surface area contributed by atoms with Gasteiger partial charge in [-0.05, 0) is 25.8 Å². The summed E-state index contributed by atoms with van der Waals surface area (Å²) in [7, 11) is 0. The minimum absolute atomic E-state index is 0.0903. The van der Waals surface area contributed by atoms with Gasteiger partial charge >= 0.3 is 5.97 Å². The molecule has 0 saturated carbocycles. The van der Waals surface area contributed by atoms with E-state index in [9.17, 15) is 9.59 Å². The zero-order valence-electron chi connectivity index (χ0n) is 12.6. The van der Waals surface area contributed by atoms with Crippen molar-refractivity contribution in [3.63, 3.8) is 0 Å². The number of aliphatic carboxylic acids is 1. The van der Waals surface area contributed by atoms with E-state index in [1.165, 1.54) is 0 Å². The van der Waals surface area contributed by atoms with E-state index in [-0.39, 0.29) is 12.3 Å². The number of hydrogen-bond donors (Lipinski definition) is 2. The van der Waals surface area contributed by atoms with E-state index in [0.29, 0.717) is 47.0 Å². The van der Waals surface area contributed by atoms with Gasteiger partial charge in [0.25, 0.3) is 5.91 Å². The number of halogens is 1. The number of carboxylic acid groups (broad SMARTS) is 1. The Morgan fingerprint density at radius 1 is 1.30 bits per heavy atom. The van der Waals surface area contributed by atoms with Crippen LogP contribution in [0.4, 0.5) is 0 Å². The molecule has 0 fully saturated rings. The average Bonchev–Trinajstić information content (AvgIpc) is 2.88. The number of hydrogen-bond acceptors (Lipinski definition) is 4. The Labute approximate surface area is 138 Å². The largest absolute Gasteiger partial charge is 0.481 e. The molecule has 2 rings (SSSR count). The van der Waals surface area contributed by atoms with Crippen molar-refractivity contribution in [2.75, 3.05) is 6.54 Å². The first-order chi connectivity index (χ1) is 11.0. The summed E-state index contributed by atoms with van der Waals surface area (Å²) in [5.41, 5.74) is 1.37. The monoisotopic (exact) mass is 336 g/mol. The Balaban J connectivity index is 2.08. The second-order valence-electron chi connectivity index (χ2n) is 5.05. The molecular weight excluding hydrogens is 320 g/mol. The molecule has 1 aromatic heterocycles. The molecule has 0 aliphatic carbocycles. The molecule has 7 heteroatoms. The molecule has 0 atom stereocenters. The summed E-state index contributed by atoms with van der Waals surface area (Å²) in [4.78, 5) is 22.8. The van der Waals surface area contributed by atoms with Gasteiger partial charge in [-0.3, -0.25) is 9.59 Å². The van der Waals surface area contributed by atoms with Crippen molar-refractivity contribution in [2.45, 2.75) is 26.2 Å². The number of amides is 1. The lowest BCUT2D eigenvalue weighted by Gasteiger charge is -2.06. The standard InChI is InChI=1S/C16H17ClN2O4/c1-10-14(16(22)18-9-5-4-8-13(20)21)15(19-23-10)11-6-2-3-7-12(11)17/h2-3,6-7H,4-5,8-9H2,1H3,(H,18,22)(H,20,21). The lowest BCUT2D eigenvalue weighted by molar-refractivity contribution is -0.137. The zero-order chi connectivity index (χ0) is 16.8. The van der Waals surface area contributed by atoms with Crippen LogP contribution in [0.15, 0.2) is 28.8 Å². The van der Waals surface area contributed by atoms with Gasteiger partial charge in [-0.2, -0.15) is 0 Å². The second-order valence-corrected chi connectivity index (χ2v) is 5.46. The number of carbonyl (C=O) groups is 2. The van der Waals surface area contributed by atoms with Crippen LogP contribution in [0.2, 0.25) is 5.02 Å². The van der Waals surface area contributed by atoms with E-state index < -0.39 is 5.97 Å². The third-order valence-corrected chi connectivity index (χ3v) is 3.65. The summed E-state index contributed by atoms with van der Waals surface area (Å²) < 4.78 is 5.14. The SMILES string of the molecule is Cc1onc(-c2ccccc2Cl)c1C(=O)NCCCCC(=O)O. The fraction of sp³-hybridized carbons (Fsp3) is 0.312. The van der Waals surface area contributed by atoms with Crippen LogP contribution in [0, 0.1) is 6.92 Å². The molecule has 122 valence electrons. The Kier molecular flexibility index (Phi) is 5.76. The van der Waals surface area contributed by atoms with Crippen LogP contribution in [-0.4, -0.2) is 28.7 Å². The van der Waals surface area contributed by atoms with Gasteiger partial charge in [0.15, 0.2) is 0 Å². The molecule has 0 saturated heterocycles. The van der Waals surface area contributed by atoms with Crippen molar-refractivity contribution < 1.29 is 19.2 Å². The number of rotatable bonds is 7. The van der Waals surface area contributed by atoms with Gasteiger partial charge in [0.2, 0.25) is 0 Å². The van der Waals surface area contributed by atoms with Gasteiger partial charge in [0, 0.05) is 18.5 Å². The number of carboxylic acids is 1. The molecular formula is C16H17ClN2O4. The molecule has 2 N–H and O–H groups in total. The smallest absolute Gasteiger partial charge is 0.303 e. The third kappa shape index (κ3) is 4.32. The van der Waals surface area contributed by atoms with Crippen molar-refractivity contribution >= 4 is 23.5 Å². The van der Waals surface area contributed by atoms with E-state index in [0.717, 1.165) is 0 Å². The number of nitrogens with zero attached hydrogens (tertiary/aromatic N) is 1. The highest BCUT2D eigenvalue weighted by Crippen LogP contribution is 2.30. The quantitative estimate of drug-likeness (QED) is 0.757. The summed E-state index contributed by atoms with van der Waals surface area (Å²) in [6.07, 6.45) is 1.19. The van der Waals surface area contributed by atoms with Crippen LogP contribution in [0.5, 0.6) is 0 Å². The second kappa shape index (κ2) is 7.78. The average molecular weight is 337 g/mol. The third-order valence-electron chi connectivity index (χ3n) is 3.32. The van der Waals surface area contributed by atoms with E-state index in [1.54, 1.807) is 31.2 Å². The van der Waals surface area contributed by atoms with Crippen molar-refractivity contribution in [2.24, 2.45) is 0 Å². The number of benzene rings is 1. The summed E-state index contributed by atoms with van der Waals surface area (Å²) in [5.74, 6) is -0.746. The van der Waals surface area contributed by atoms with Crippen LogP contribution < -0.4 is 5.32 Å². The zero-order valence-corrected chi connectivity index (χ0v) is 13.4. The minimum atomic E-state index is -0.841. The van der Waals surface area contributed by atoms with Crippen LogP contribution in [0.25, 0.3) is 11.3 Å². The summed E-state index contributed by atoms with van der Waals surface area (Å²) in [6, 6.07) is 7.08. The van der Waals surface area contributed by atoms with Crippen LogP contribution in [-0.2, 0) is 4.79 Å². The molecule has 23 heavy (non-hydrogen) atoms. The fourth-order valence-electron chi connectivity index (χ4n) is 2.17. The molecule has 6 nitrogen and oxygen atoms in total. The van der Waals surface area contributed by atoms with Crippen molar-refractivity contribution in [3.8, 4) is 11.3 Å².